The van der Waals surface area contributed by atoms with Crippen LogP contribution in [0.1, 0.15) is 58.3 Å². The fourth-order valence-electron chi connectivity index (χ4n) is 2.78. The molecule has 1 rings (SSSR count). The van der Waals surface area contributed by atoms with Crippen molar-refractivity contribution in [2.45, 2.75) is 64.4 Å². The number of carboxylic acids is 1. The third kappa shape index (κ3) is 7.03. The third-order valence-corrected chi connectivity index (χ3v) is 4.13. The molecule has 0 spiro atoms. The van der Waals surface area contributed by atoms with Gasteiger partial charge in [-0.1, -0.05) is 50.8 Å². The largest absolute Gasteiger partial charge is 0.481 e. The second kappa shape index (κ2) is 10.3. The maximum atomic E-state index is 11.9. The van der Waals surface area contributed by atoms with Crippen LogP contribution in [0.5, 0.6) is 0 Å². The van der Waals surface area contributed by atoms with Gasteiger partial charge in [0.05, 0.1) is 6.10 Å². The average molecular weight is 308 g/mol. The molecule has 0 saturated heterocycles. The lowest BCUT2D eigenvalue weighted by Crippen LogP contribution is -2.15. The fourth-order valence-corrected chi connectivity index (χ4v) is 2.78. The van der Waals surface area contributed by atoms with Crippen molar-refractivity contribution in [1.82, 2.24) is 0 Å². The first-order valence-corrected chi connectivity index (χ1v) is 8.34. The number of aliphatic carboxylic acids is 1. The minimum absolute atomic E-state index is 0.0400. The quantitative estimate of drug-likeness (QED) is 0.452. The Balaban J connectivity index is 2.38. The van der Waals surface area contributed by atoms with Gasteiger partial charge in [-0.2, -0.15) is 0 Å². The lowest BCUT2D eigenvalue weighted by Gasteiger charge is -2.15. The Hall–Kier alpha value is -1.42. The molecule has 0 fully saturated rings. The topological polar surface area (TPSA) is 74.6 Å². The van der Waals surface area contributed by atoms with Gasteiger partial charge in [-0.3, -0.25) is 9.59 Å². The number of aliphatic hydroxyl groups excluding tert-OH is 1. The monoisotopic (exact) mass is 308 g/mol. The Morgan fingerprint density at radius 2 is 2.09 bits per heavy atom. The number of rotatable bonds is 11. The Bertz CT molecular complexity index is 411. The molecule has 0 heterocycles. The van der Waals surface area contributed by atoms with Crippen molar-refractivity contribution in [3.05, 3.63) is 24.3 Å². The van der Waals surface area contributed by atoms with Gasteiger partial charge >= 0.3 is 5.97 Å². The van der Waals surface area contributed by atoms with Crippen LogP contribution in [0.4, 0.5) is 0 Å². The number of hydrogen-bond acceptors (Lipinski definition) is 3. The molecular weight excluding hydrogens is 280 g/mol. The summed E-state index contributed by atoms with van der Waals surface area (Å²) in [6.45, 7) is 2.13. The van der Waals surface area contributed by atoms with Crippen molar-refractivity contribution in [1.29, 1.82) is 0 Å². The van der Waals surface area contributed by atoms with E-state index in [0.29, 0.717) is 12.8 Å². The lowest BCUT2D eigenvalue weighted by molar-refractivity contribution is -0.137. The zero-order valence-electron chi connectivity index (χ0n) is 13.4. The van der Waals surface area contributed by atoms with Crippen molar-refractivity contribution in [2.75, 3.05) is 0 Å². The molecule has 0 aromatic carbocycles. The number of aliphatic hydroxyl groups is 1. The van der Waals surface area contributed by atoms with Crippen molar-refractivity contribution in [2.24, 2.45) is 11.8 Å². The molecule has 2 N–H and O–H groups in total. The van der Waals surface area contributed by atoms with E-state index < -0.39 is 12.1 Å². The van der Waals surface area contributed by atoms with Gasteiger partial charge in [0.25, 0.3) is 0 Å². The minimum Gasteiger partial charge on any atom is -0.481 e. The summed E-state index contributed by atoms with van der Waals surface area (Å²) in [6.07, 6.45) is 13.0. The summed E-state index contributed by atoms with van der Waals surface area (Å²) in [4.78, 5) is 22.4. The van der Waals surface area contributed by atoms with E-state index in [1.54, 1.807) is 12.2 Å². The SMILES string of the molecule is CCCCC[C@@H](O)/C=C/[C@@H]1C=CC(=O)[C@@H]1CCCCC(=O)O. The Labute approximate surface area is 132 Å². The molecule has 124 valence electrons. The summed E-state index contributed by atoms with van der Waals surface area (Å²) in [5, 5.41) is 18.5. The highest BCUT2D eigenvalue weighted by atomic mass is 16.4. The number of carboxylic acid groups (broad SMARTS) is 1. The van der Waals surface area contributed by atoms with E-state index in [2.05, 4.69) is 6.92 Å². The van der Waals surface area contributed by atoms with Gasteiger partial charge in [0, 0.05) is 18.3 Å². The maximum absolute atomic E-state index is 11.9. The normalized spacial score (nSPS) is 22.5. The third-order valence-electron chi connectivity index (χ3n) is 4.13. The molecule has 22 heavy (non-hydrogen) atoms. The van der Waals surface area contributed by atoms with Gasteiger partial charge in [-0.25, -0.2) is 0 Å². The summed E-state index contributed by atoms with van der Waals surface area (Å²) in [5.41, 5.74) is 0. The highest BCUT2D eigenvalue weighted by Gasteiger charge is 2.27. The molecule has 4 nitrogen and oxygen atoms in total. The van der Waals surface area contributed by atoms with Gasteiger partial charge < -0.3 is 10.2 Å². The molecular formula is C18H28O4. The maximum Gasteiger partial charge on any atom is 0.303 e. The van der Waals surface area contributed by atoms with E-state index in [1.165, 1.54) is 0 Å². The first-order valence-electron chi connectivity index (χ1n) is 8.34. The molecule has 1 aliphatic rings. The number of carbonyl (C=O) groups excluding carboxylic acids is 1. The summed E-state index contributed by atoms with van der Waals surface area (Å²) >= 11 is 0. The summed E-state index contributed by atoms with van der Waals surface area (Å²) in [6, 6.07) is 0. The second-order valence-corrected chi connectivity index (χ2v) is 6.03. The molecule has 3 atom stereocenters. The van der Waals surface area contributed by atoms with Crippen molar-refractivity contribution >= 4 is 11.8 Å². The Kier molecular flexibility index (Phi) is 8.75. The zero-order valence-corrected chi connectivity index (χ0v) is 13.4. The van der Waals surface area contributed by atoms with Gasteiger partial charge in [0.15, 0.2) is 5.78 Å². The smallest absolute Gasteiger partial charge is 0.303 e. The molecule has 0 radical (unpaired) electrons. The minimum atomic E-state index is -0.789. The number of carbonyl (C=O) groups is 2. The van der Waals surface area contributed by atoms with Crippen LogP contribution in [0, 0.1) is 11.8 Å². The van der Waals surface area contributed by atoms with Gasteiger partial charge in [0.1, 0.15) is 0 Å². The standard InChI is InChI=1S/C18H28O4/c1-2-3-4-7-15(19)12-10-14-11-13-17(20)16(14)8-5-6-9-18(21)22/h10-16,19H,2-9H2,1H3,(H,21,22)/b12-10+/t14-,15-,16-/m1/s1. The first-order chi connectivity index (χ1) is 10.5. The Morgan fingerprint density at radius 3 is 2.77 bits per heavy atom. The average Bonchev–Trinajstić information content (AvgIpc) is 2.82. The van der Waals surface area contributed by atoms with Crippen LogP contribution in [0.2, 0.25) is 0 Å². The molecule has 4 heteroatoms. The van der Waals surface area contributed by atoms with Crippen molar-refractivity contribution in [3.8, 4) is 0 Å². The van der Waals surface area contributed by atoms with Gasteiger partial charge in [0.2, 0.25) is 0 Å². The predicted octanol–water partition coefficient (Wildman–Crippen LogP) is 3.50. The highest BCUT2D eigenvalue weighted by Crippen LogP contribution is 2.28. The van der Waals surface area contributed by atoms with Crippen LogP contribution in [0.25, 0.3) is 0 Å². The Morgan fingerprint density at radius 1 is 1.32 bits per heavy atom. The van der Waals surface area contributed by atoms with Gasteiger partial charge in [-0.15, -0.1) is 0 Å². The number of unbranched alkanes of at least 4 members (excludes halogenated alkanes) is 3. The van der Waals surface area contributed by atoms with Gasteiger partial charge in [-0.05, 0) is 25.3 Å². The van der Waals surface area contributed by atoms with Crippen LogP contribution in [-0.2, 0) is 9.59 Å². The van der Waals surface area contributed by atoms with Crippen LogP contribution in [-0.4, -0.2) is 28.1 Å². The molecule has 1 aliphatic carbocycles. The summed E-state index contributed by atoms with van der Waals surface area (Å²) < 4.78 is 0. The van der Waals surface area contributed by atoms with Crippen molar-refractivity contribution in [3.63, 3.8) is 0 Å². The fraction of sp³-hybridized carbons (Fsp3) is 0.667. The molecule has 0 aromatic heterocycles. The number of allylic oxidation sites excluding steroid dienone is 3. The van der Waals surface area contributed by atoms with E-state index in [0.717, 1.165) is 32.1 Å². The van der Waals surface area contributed by atoms with E-state index in [9.17, 15) is 14.7 Å². The van der Waals surface area contributed by atoms with E-state index in [-0.39, 0.29) is 24.0 Å². The first kappa shape index (κ1) is 18.6. The summed E-state index contributed by atoms with van der Waals surface area (Å²) in [5.74, 6) is -0.723. The molecule has 0 amide bonds. The van der Waals surface area contributed by atoms with E-state index >= 15 is 0 Å². The predicted molar refractivity (Wildman–Crippen MR) is 86.5 cm³/mol. The second-order valence-electron chi connectivity index (χ2n) is 6.03. The molecule has 0 aliphatic heterocycles. The highest BCUT2D eigenvalue weighted by molar-refractivity contribution is 5.94. The molecule has 0 unspecified atom stereocenters. The van der Waals surface area contributed by atoms with E-state index in [4.69, 9.17) is 5.11 Å². The lowest BCUT2D eigenvalue weighted by atomic mass is 9.88. The molecule has 0 saturated carbocycles. The number of hydrogen-bond donors (Lipinski definition) is 2. The number of ketones is 1. The summed E-state index contributed by atoms with van der Waals surface area (Å²) in [7, 11) is 0. The van der Waals surface area contributed by atoms with Crippen LogP contribution in [0.3, 0.4) is 0 Å². The van der Waals surface area contributed by atoms with Crippen molar-refractivity contribution < 1.29 is 19.8 Å². The van der Waals surface area contributed by atoms with Crippen LogP contribution < -0.4 is 0 Å². The van der Waals surface area contributed by atoms with Crippen LogP contribution in [0.15, 0.2) is 24.3 Å². The zero-order chi connectivity index (χ0) is 16.4. The van der Waals surface area contributed by atoms with Crippen LogP contribution >= 0.6 is 0 Å². The van der Waals surface area contributed by atoms with E-state index in [1.807, 2.05) is 12.2 Å². The molecule has 0 bridgehead atoms. The molecule has 0 aromatic rings.